The molecule has 1 heterocycles. The normalized spacial score (nSPS) is 17.8. The Morgan fingerprint density at radius 2 is 2.12 bits per heavy atom. The number of likely N-dealkylation sites (tertiary alicyclic amines) is 1. The number of amides is 2. The molecule has 1 fully saturated rings. The van der Waals surface area contributed by atoms with Gasteiger partial charge in [0.2, 0.25) is 11.8 Å². The van der Waals surface area contributed by atoms with Gasteiger partial charge in [-0.1, -0.05) is 13.3 Å². The Kier molecular flexibility index (Phi) is 4.26. The van der Waals surface area contributed by atoms with E-state index in [1.807, 2.05) is 6.92 Å². The summed E-state index contributed by atoms with van der Waals surface area (Å²) in [5, 5.41) is 12.3. The van der Waals surface area contributed by atoms with Gasteiger partial charge in [0.15, 0.2) is 0 Å². The van der Waals surface area contributed by atoms with Crippen LogP contribution in [0.15, 0.2) is 0 Å². The lowest BCUT2D eigenvalue weighted by Crippen LogP contribution is -2.64. The van der Waals surface area contributed by atoms with Crippen molar-refractivity contribution in [3.05, 3.63) is 0 Å². The highest BCUT2D eigenvalue weighted by atomic mass is 16.3. The molecule has 0 aromatic carbocycles. The van der Waals surface area contributed by atoms with E-state index < -0.39 is 5.60 Å². The first-order valence-corrected chi connectivity index (χ1v) is 5.47. The zero-order valence-electron chi connectivity index (χ0n) is 9.53. The molecule has 6 heteroatoms. The summed E-state index contributed by atoms with van der Waals surface area (Å²) in [6.45, 7) is 2.55. The zero-order chi connectivity index (χ0) is 12.2. The molecule has 1 saturated heterocycles. The molecule has 0 radical (unpaired) electrons. The van der Waals surface area contributed by atoms with Crippen LogP contribution in [0.25, 0.3) is 0 Å². The van der Waals surface area contributed by atoms with Gasteiger partial charge in [-0.15, -0.1) is 0 Å². The van der Waals surface area contributed by atoms with Crippen LogP contribution in [0.4, 0.5) is 0 Å². The van der Waals surface area contributed by atoms with Crippen LogP contribution in [0.1, 0.15) is 19.8 Å². The van der Waals surface area contributed by atoms with Crippen molar-refractivity contribution in [3.63, 3.8) is 0 Å². The van der Waals surface area contributed by atoms with Crippen molar-refractivity contribution >= 4 is 11.8 Å². The van der Waals surface area contributed by atoms with E-state index in [0.717, 1.165) is 6.42 Å². The first kappa shape index (κ1) is 12.9. The minimum Gasteiger partial charge on any atom is -0.386 e. The second-order valence-electron chi connectivity index (χ2n) is 4.20. The summed E-state index contributed by atoms with van der Waals surface area (Å²) in [6.07, 6.45) is 1.59. The fourth-order valence-corrected chi connectivity index (χ4v) is 1.82. The van der Waals surface area contributed by atoms with Crippen molar-refractivity contribution in [2.75, 3.05) is 26.2 Å². The minimum atomic E-state index is -0.720. The molecule has 2 amide bonds. The number of hydrogen-bond acceptors (Lipinski definition) is 4. The topological polar surface area (TPSA) is 95.7 Å². The lowest BCUT2D eigenvalue weighted by atomic mass is 9.89. The van der Waals surface area contributed by atoms with Gasteiger partial charge >= 0.3 is 0 Å². The van der Waals surface area contributed by atoms with Crippen molar-refractivity contribution < 1.29 is 14.7 Å². The summed E-state index contributed by atoms with van der Waals surface area (Å²) in [5.74, 6) is -0.528. The van der Waals surface area contributed by atoms with E-state index in [9.17, 15) is 14.7 Å². The second-order valence-corrected chi connectivity index (χ2v) is 4.20. The number of carbonyl (C=O) groups is 2. The molecule has 16 heavy (non-hydrogen) atoms. The van der Waals surface area contributed by atoms with Gasteiger partial charge in [-0.3, -0.25) is 9.59 Å². The third-order valence-corrected chi connectivity index (χ3v) is 2.66. The highest BCUT2D eigenvalue weighted by Crippen LogP contribution is 2.25. The third-order valence-electron chi connectivity index (χ3n) is 2.66. The number of carbonyl (C=O) groups excluding carboxylic acids is 2. The van der Waals surface area contributed by atoms with Crippen LogP contribution in [0.2, 0.25) is 0 Å². The Bertz CT molecular complexity index is 274. The van der Waals surface area contributed by atoms with E-state index in [1.165, 1.54) is 4.90 Å². The first-order valence-electron chi connectivity index (χ1n) is 5.47. The van der Waals surface area contributed by atoms with Crippen LogP contribution in [-0.4, -0.2) is 53.6 Å². The maximum atomic E-state index is 11.5. The molecule has 4 N–H and O–H groups in total. The predicted molar refractivity (Wildman–Crippen MR) is 58.5 cm³/mol. The molecule has 0 saturated carbocycles. The van der Waals surface area contributed by atoms with Crippen molar-refractivity contribution in [2.45, 2.75) is 25.4 Å². The fraction of sp³-hybridized carbons (Fsp3) is 0.800. The largest absolute Gasteiger partial charge is 0.386 e. The molecule has 0 bridgehead atoms. The smallest absolute Gasteiger partial charge is 0.242 e. The average Bonchev–Trinajstić information content (AvgIpc) is 2.22. The number of nitrogens with two attached hydrogens (primary N) is 1. The van der Waals surface area contributed by atoms with Gasteiger partial charge in [0.05, 0.1) is 31.8 Å². The van der Waals surface area contributed by atoms with Crippen LogP contribution in [-0.2, 0) is 9.59 Å². The molecule has 0 aliphatic carbocycles. The van der Waals surface area contributed by atoms with Gasteiger partial charge in [0.25, 0.3) is 0 Å². The lowest BCUT2D eigenvalue weighted by molar-refractivity contribution is -0.156. The summed E-state index contributed by atoms with van der Waals surface area (Å²) >= 11 is 0. The molecule has 0 aromatic rings. The predicted octanol–water partition coefficient (Wildman–Crippen LogP) is -1.57. The van der Waals surface area contributed by atoms with E-state index in [-0.39, 0.29) is 24.9 Å². The molecule has 0 unspecified atom stereocenters. The van der Waals surface area contributed by atoms with E-state index in [2.05, 4.69) is 5.32 Å². The SMILES string of the molecule is CCCC1(O)CN(C(=O)CNC(=O)CN)C1. The Morgan fingerprint density at radius 1 is 1.50 bits per heavy atom. The number of hydrogen-bond donors (Lipinski definition) is 3. The van der Waals surface area contributed by atoms with Crippen LogP contribution in [0, 0.1) is 0 Å². The molecule has 1 aliphatic rings. The molecule has 0 spiro atoms. The number of nitrogens with zero attached hydrogens (tertiary/aromatic N) is 1. The molecule has 6 nitrogen and oxygen atoms in total. The minimum absolute atomic E-state index is 0.0434. The lowest BCUT2D eigenvalue weighted by Gasteiger charge is -2.46. The summed E-state index contributed by atoms with van der Waals surface area (Å²) in [6, 6.07) is 0. The Hall–Kier alpha value is -1.14. The van der Waals surface area contributed by atoms with Crippen molar-refractivity contribution in [3.8, 4) is 0 Å². The summed E-state index contributed by atoms with van der Waals surface area (Å²) in [7, 11) is 0. The number of nitrogens with one attached hydrogen (secondary N) is 1. The Balaban J connectivity index is 2.24. The molecule has 0 atom stereocenters. The molecule has 1 aliphatic heterocycles. The van der Waals surface area contributed by atoms with Crippen molar-refractivity contribution in [2.24, 2.45) is 5.73 Å². The van der Waals surface area contributed by atoms with Gasteiger partial charge in [-0.2, -0.15) is 0 Å². The highest BCUT2D eigenvalue weighted by Gasteiger charge is 2.42. The first-order chi connectivity index (χ1) is 7.50. The Morgan fingerprint density at radius 3 is 2.62 bits per heavy atom. The second kappa shape index (κ2) is 5.27. The van der Waals surface area contributed by atoms with Crippen LogP contribution in [0.5, 0.6) is 0 Å². The maximum absolute atomic E-state index is 11.5. The number of aliphatic hydroxyl groups is 1. The Labute approximate surface area is 94.8 Å². The van der Waals surface area contributed by atoms with E-state index in [0.29, 0.717) is 19.5 Å². The average molecular weight is 229 g/mol. The summed E-state index contributed by atoms with van der Waals surface area (Å²) < 4.78 is 0. The quantitative estimate of drug-likeness (QED) is 0.531. The van der Waals surface area contributed by atoms with Gasteiger partial charge in [0.1, 0.15) is 0 Å². The molecular formula is C10H19N3O3. The molecule has 0 aromatic heterocycles. The van der Waals surface area contributed by atoms with Crippen LogP contribution in [0.3, 0.4) is 0 Å². The van der Waals surface area contributed by atoms with Crippen LogP contribution < -0.4 is 11.1 Å². The van der Waals surface area contributed by atoms with Gasteiger partial charge in [-0.25, -0.2) is 0 Å². The standard InChI is InChI=1S/C10H19N3O3/c1-2-3-10(16)6-13(7-10)9(15)5-12-8(14)4-11/h16H,2-7,11H2,1H3,(H,12,14). The van der Waals surface area contributed by atoms with Gasteiger partial charge in [0, 0.05) is 0 Å². The van der Waals surface area contributed by atoms with E-state index in [4.69, 9.17) is 5.73 Å². The van der Waals surface area contributed by atoms with E-state index in [1.54, 1.807) is 0 Å². The zero-order valence-corrected chi connectivity index (χ0v) is 9.53. The van der Waals surface area contributed by atoms with E-state index >= 15 is 0 Å². The number of rotatable bonds is 5. The monoisotopic (exact) mass is 229 g/mol. The number of β-amino-alcohol motifs (C(OH)–C–C–N with tert-alkyl or cyclic N) is 1. The maximum Gasteiger partial charge on any atom is 0.242 e. The summed E-state index contributed by atoms with van der Waals surface area (Å²) in [4.78, 5) is 23.9. The van der Waals surface area contributed by atoms with Crippen molar-refractivity contribution in [1.82, 2.24) is 10.2 Å². The van der Waals surface area contributed by atoms with Gasteiger partial charge < -0.3 is 21.1 Å². The molecular weight excluding hydrogens is 210 g/mol. The third kappa shape index (κ3) is 3.18. The summed E-state index contributed by atoms with van der Waals surface area (Å²) in [5.41, 5.74) is 4.37. The van der Waals surface area contributed by atoms with Gasteiger partial charge in [-0.05, 0) is 6.42 Å². The fourth-order valence-electron chi connectivity index (χ4n) is 1.82. The van der Waals surface area contributed by atoms with Crippen molar-refractivity contribution in [1.29, 1.82) is 0 Å². The highest BCUT2D eigenvalue weighted by molar-refractivity contribution is 5.86. The molecule has 1 rings (SSSR count). The molecule has 92 valence electrons. The van der Waals surface area contributed by atoms with Crippen LogP contribution >= 0.6 is 0 Å².